The third-order valence-corrected chi connectivity index (χ3v) is 13.7. The van der Waals surface area contributed by atoms with Gasteiger partial charge in [-0.1, -0.05) is 49.2 Å². The monoisotopic (exact) mass is 1120 g/mol. The Morgan fingerprint density at radius 1 is 0.662 bits per heavy atom. The van der Waals surface area contributed by atoms with Gasteiger partial charge in [-0.15, -0.1) is 23.2 Å². The minimum atomic E-state index is -4.55. The van der Waals surface area contributed by atoms with E-state index in [1.807, 2.05) is 0 Å². The zero-order valence-corrected chi connectivity index (χ0v) is 45.3. The standard InChI is InChI=1S/C30H36F3N3O3.C26H30F3N3O3.CH2Cl2/c1-29(2,3)39-27(37)20-26(22-10-7-11-23(19-22)30(31,32)33)36-18-17-35(28(36)38)16-8-12-24-15-14-21-9-5-4-6-13-25(21)34-24;27-26(28,29)20-8-4-7-19(16-20)23(17-24(33)34)32-15-14-31(25(32)35)13-5-9-21-12-11-18-6-2-1-3-10-22(18)30-21;2-1-3/h7,10-11,14-15,17-19,26H,4-6,8-9,12-13,16,20H2,1-3H3;4,7-8,11-12,16,23H,1-3,5-6,9-10,13-15,17H2,(H,33,34);1H2. The number of carbonyl (C=O) groups excluding carboxylic acids is 2. The summed E-state index contributed by atoms with van der Waals surface area (Å²) >= 11 is 9.53. The number of nitrogens with zero attached hydrogens (tertiary/aromatic N) is 6. The zero-order chi connectivity index (χ0) is 55.9. The molecule has 4 heterocycles. The van der Waals surface area contributed by atoms with Crippen molar-refractivity contribution in [2.24, 2.45) is 0 Å². The van der Waals surface area contributed by atoms with Gasteiger partial charge in [-0.3, -0.25) is 28.7 Å². The van der Waals surface area contributed by atoms with Gasteiger partial charge in [0.2, 0.25) is 0 Å². The Labute approximate surface area is 455 Å². The fourth-order valence-corrected chi connectivity index (χ4v) is 10.0. The van der Waals surface area contributed by atoms with Crippen molar-refractivity contribution in [3.63, 3.8) is 0 Å². The fraction of sp³-hybridized carbons (Fsp3) is 0.509. The molecule has 20 heteroatoms. The molecule has 2 aromatic carbocycles. The summed E-state index contributed by atoms with van der Waals surface area (Å²) in [6.45, 7) is 6.72. The van der Waals surface area contributed by atoms with Gasteiger partial charge in [-0.2, -0.15) is 26.3 Å². The number of carbonyl (C=O) groups is 3. The van der Waals surface area contributed by atoms with Crippen LogP contribution in [0.2, 0.25) is 0 Å². The highest BCUT2D eigenvalue weighted by Gasteiger charge is 2.38. The van der Waals surface area contributed by atoms with E-state index >= 15 is 0 Å². The van der Waals surface area contributed by atoms with E-state index < -0.39 is 65.2 Å². The maximum absolute atomic E-state index is 13.4. The number of esters is 1. The number of hydrogen-bond acceptors (Lipinski definition) is 7. The van der Waals surface area contributed by atoms with Crippen LogP contribution in [0.25, 0.3) is 0 Å². The molecule has 0 spiro atoms. The van der Waals surface area contributed by atoms with E-state index in [0.29, 0.717) is 38.9 Å². The lowest BCUT2D eigenvalue weighted by molar-refractivity contribution is -0.155. The fourth-order valence-electron chi connectivity index (χ4n) is 10.0. The first-order chi connectivity index (χ1) is 36.5. The Morgan fingerprint density at radius 2 is 1.17 bits per heavy atom. The average molecular weight is 1120 g/mol. The van der Waals surface area contributed by atoms with Crippen molar-refractivity contribution in [3.8, 4) is 0 Å². The molecule has 12 nitrogen and oxygen atoms in total. The number of pyridine rings is 2. The van der Waals surface area contributed by atoms with Gasteiger partial charge in [0.05, 0.1) is 41.4 Å². The van der Waals surface area contributed by atoms with Crippen LogP contribution in [0, 0.1) is 0 Å². The van der Waals surface area contributed by atoms with Gasteiger partial charge in [-0.25, -0.2) is 9.59 Å². The van der Waals surface area contributed by atoms with Crippen LogP contribution in [-0.2, 0) is 71.7 Å². The number of aliphatic carboxylic acids is 1. The largest absolute Gasteiger partial charge is 0.481 e. The summed E-state index contributed by atoms with van der Waals surface area (Å²) < 4.78 is 88.1. The van der Waals surface area contributed by atoms with Crippen molar-refractivity contribution in [2.75, 3.05) is 25.0 Å². The van der Waals surface area contributed by atoms with Crippen LogP contribution in [0.1, 0.15) is 153 Å². The molecule has 3 aromatic heterocycles. The number of alkyl halides is 8. The smallest absolute Gasteiger partial charge is 0.416 e. The normalized spacial score (nSPS) is 15.6. The van der Waals surface area contributed by atoms with Crippen molar-refractivity contribution in [1.82, 2.24) is 28.9 Å². The Bertz CT molecular complexity index is 2830. The topological polar surface area (TPSA) is 140 Å². The predicted octanol–water partition coefficient (Wildman–Crippen LogP) is 13.0. The number of benzene rings is 2. The van der Waals surface area contributed by atoms with Gasteiger partial charge in [0, 0.05) is 61.3 Å². The lowest BCUT2D eigenvalue weighted by Crippen LogP contribution is -2.36. The van der Waals surface area contributed by atoms with Gasteiger partial charge in [0.15, 0.2) is 0 Å². The van der Waals surface area contributed by atoms with Crippen LogP contribution in [-0.4, -0.2) is 82.6 Å². The van der Waals surface area contributed by atoms with E-state index in [4.69, 9.17) is 37.9 Å². The second-order valence-electron chi connectivity index (χ2n) is 20.6. The lowest BCUT2D eigenvalue weighted by atomic mass is 10.00. The molecule has 1 aliphatic heterocycles. The lowest BCUT2D eigenvalue weighted by Gasteiger charge is -2.28. The third kappa shape index (κ3) is 17.8. The molecular formula is C57H68Cl2F6N6O6. The molecule has 0 saturated carbocycles. The summed E-state index contributed by atoms with van der Waals surface area (Å²) in [7, 11) is 0. The summed E-state index contributed by atoms with van der Waals surface area (Å²) in [6, 6.07) is 15.5. The number of ether oxygens (including phenoxy) is 1. The molecule has 3 aliphatic rings. The molecule has 8 rings (SSSR count). The second kappa shape index (κ2) is 27.6. The Hall–Kier alpha value is -5.88. The molecule has 0 radical (unpaired) electrons. The van der Waals surface area contributed by atoms with E-state index in [0.717, 1.165) is 80.6 Å². The van der Waals surface area contributed by atoms with E-state index in [1.54, 1.807) is 31.9 Å². The van der Waals surface area contributed by atoms with E-state index in [9.17, 15) is 50.6 Å². The third-order valence-electron chi connectivity index (χ3n) is 13.7. The van der Waals surface area contributed by atoms with Crippen LogP contribution in [0.4, 0.5) is 31.1 Å². The number of hydrogen-bond donors (Lipinski definition) is 1. The van der Waals surface area contributed by atoms with Gasteiger partial charge in [0.1, 0.15) is 5.60 Å². The molecule has 1 N–H and O–H groups in total. The minimum absolute atomic E-state index is 0.173. The molecule has 1 fully saturated rings. The molecule has 0 bridgehead atoms. The van der Waals surface area contributed by atoms with Gasteiger partial charge >= 0.3 is 36.0 Å². The summed E-state index contributed by atoms with van der Waals surface area (Å²) in [5, 5.41) is 9.57. The number of halogens is 8. The van der Waals surface area contributed by atoms with E-state index in [2.05, 4.69) is 24.3 Å². The number of rotatable bonds is 16. The molecule has 418 valence electrons. The number of carboxylic acid groups (broad SMARTS) is 1. The van der Waals surface area contributed by atoms with Crippen molar-refractivity contribution in [3.05, 3.63) is 152 Å². The van der Waals surface area contributed by atoms with Crippen molar-refractivity contribution in [1.29, 1.82) is 0 Å². The molecule has 1 saturated heterocycles. The highest BCUT2D eigenvalue weighted by Crippen LogP contribution is 2.36. The Kier molecular flexibility index (Phi) is 21.7. The number of urea groups is 1. The average Bonchev–Trinajstić information content (AvgIpc) is 3.69. The number of imidazole rings is 1. The quantitative estimate of drug-likeness (QED) is 0.0446. The Balaban J connectivity index is 0.000000239. The highest BCUT2D eigenvalue weighted by atomic mass is 35.5. The number of fused-ring (bicyclic) bond motifs is 2. The number of amides is 2. The van der Waals surface area contributed by atoms with E-state index in [1.165, 1.54) is 92.7 Å². The first-order valence-electron chi connectivity index (χ1n) is 26.2. The summed E-state index contributed by atoms with van der Waals surface area (Å²) in [6.07, 6.45) is 7.43. The number of aromatic nitrogens is 4. The maximum Gasteiger partial charge on any atom is 0.416 e. The van der Waals surface area contributed by atoms with Gasteiger partial charge in [-0.05, 0) is 156 Å². The van der Waals surface area contributed by atoms with Gasteiger partial charge in [0.25, 0.3) is 0 Å². The highest BCUT2D eigenvalue weighted by molar-refractivity contribution is 6.40. The molecule has 2 atom stereocenters. The summed E-state index contributed by atoms with van der Waals surface area (Å²) in [4.78, 5) is 63.3. The van der Waals surface area contributed by atoms with Crippen LogP contribution in [0.5, 0.6) is 0 Å². The van der Waals surface area contributed by atoms with Crippen molar-refractivity contribution < 1.29 is 50.6 Å². The van der Waals surface area contributed by atoms with Crippen LogP contribution in [0.3, 0.4) is 0 Å². The molecular weight excluding hydrogens is 1050 g/mol. The SMILES string of the molecule is CC(C)(C)OC(=O)CC(c1cccc(C(F)(F)F)c1)n1ccn(CCCc2ccc3c(n2)CCCCC3)c1=O.ClCCl.O=C(O)CC(c1cccc(C(F)(F)F)c1)N1CCN(CCCc2ccc3c(n2)CCCCC3)C1=O. The van der Waals surface area contributed by atoms with Crippen LogP contribution >= 0.6 is 23.2 Å². The Morgan fingerprint density at radius 3 is 1.68 bits per heavy atom. The molecule has 77 heavy (non-hydrogen) atoms. The maximum atomic E-state index is 13.4. The summed E-state index contributed by atoms with van der Waals surface area (Å²) in [5.74, 6) is -1.77. The minimum Gasteiger partial charge on any atom is -0.481 e. The molecule has 5 aromatic rings. The second-order valence-corrected chi connectivity index (χ2v) is 21.4. The number of carboxylic acids is 1. The first kappa shape index (κ1) is 60.4. The molecule has 2 aliphatic carbocycles. The van der Waals surface area contributed by atoms with Crippen molar-refractivity contribution in [2.45, 2.75) is 160 Å². The van der Waals surface area contributed by atoms with E-state index in [-0.39, 0.29) is 35.5 Å². The number of aryl methyl sites for hydroxylation is 7. The van der Waals surface area contributed by atoms with Crippen LogP contribution in [0.15, 0.2) is 90.0 Å². The van der Waals surface area contributed by atoms with Crippen LogP contribution < -0.4 is 5.69 Å². The first-order valence-corrected chi connectivity index (χ1v) is 27.3. The molecule has 2 unspecified atom stereocenters. The predicted molar refractivity (Wildman–Crippen MR) is 283 cm³/mol. The zero-order valence-electron chi connectivity index (χ0n) is 43.8. The summed E-state index contributed by atoms with van der Waals surface area (Å²) in [5.41, 5.74) is 4.54. The molecule has 2 amide bonds. The van der Waals surface area contributed by atoms with Gasteiger partial charge < -0.3 is 19.6 Å². The van der Waals surface area contributed by atoms with Crippen molar-refractivity contribution >= 4 is 41.2 Å².